The van der Waals surface area contributed by atoms with E-state index < -0.39 is 24.1 Å². The lowest BCUT2D eigenvalue weighted by molar-refractivity contribution is -0.147. The topological polar surface area (TPSA) is 127 Å². The Bertz CT molecular complexity index is 1400. The van der Waals surface area contributed by atoms with Crippen LogP contribution in [-0.2, 0) is 19.1 Å². The van der Waals surface area contributed by atoms with Crippen molar-refractivity contribution in [3.05, 3.63) is 97.3 Å². The maximum atomic E-state index is 12.8. The number of carbonyl (C=O) groups excluding carboxylic acids is 2. The van der Waals surface area contributed by atoms with Crippen LogP contribution in [0.1, 0.15) is 27.7 Å². The lowest BCUT2D eigenvalue weighted by atomic mass is 10.1. The van der Waals surface area contributed by atoms with E-state index >= 15 is 0 Å². The van der Waals surface area contributed by atoms with Crippen LogP contribution >= 0.6 is 0 Å². The van der Waals surface area contributed by atoms with E-state index in [2.05, 4.69) is 20.6 Å². The highest BCUT2D eigenvalue weighted by molar-refractivity contribution is 5.91. The van der Waals surface area contributed by atoms with Crippen molar-refractivity contribution in [3.8, 4) is 34.0 Å². The van der Waals surface area contributed by atoms with Gasteiger partial charge in [0.25, 0.3) is 0 Å². The van der Waals surface area contributed by atoms with Gasteiger partial charge < -0.3 is 39.5 Å². The first-order valence-electron chi connectivity index (χ1n) is 15.6. The Balaban J connectivity index is 1.34. The quantitative estimate of drug-likeness (QED) is 0.0840. The monoisotopic (exact) mass is 628 g/mol. The van der Waals surface area contributed by atoms with Gasteiger partial charge in [-0.05, 0) is 48.5 Å². The average molecular weight is 629 g/mol. The number of nitrogens with one attached hydrogen (secondary N) is 4. The van der Waals surface area contributed by atoms with Crippen molar-refractivity contribution in [2.75, 3.05) is 26.3 Å². The van der Waals surface area contributed by atoms with E-state index in [0.717, 1.165) is 34.7 Å². The largest absolute Gasteiger partial charge is 0.489 e. The number of hydrogen-bond donors (Lipinski definition) is 4. The van der Waals surface area contributed by atoms with Gasteiger partial charge in [-0.15, -0.1) is 0 Å². The molecule has 10 nitrogen and oxygen atoms in total. The summed E-state index contributed by atoms with van der Waals surface area (Å²) in [5.41, 5.74) is 3.64. The molecule has 2 heterocycles. The number of carbonyl (C=O) groups is 2. The fourth-order valence-corrected chi connectivity index (χ4v) is 4.54. The average Bonchev–Trinajstić information content (AvgIpc) is 3.78. The third-order valence-corrected chi connectivity index (χ3v) is 6.83. The van der Waals surface area contributed by atoms with Crippen molar-refractivity contribution >= 4 is 11.9 Å². The van der Waals surface area contributed by atoms with Gasteiger partial charge in [-0.25, -0.2) is 9.59 Å². The molecule has 0 fully saturated rings. The van der Waals surface area contributed by atoms with Gasteiger partial charge in [0.1, 0.15) is 36.9 Å². The van der Waals surface area contributed by atoms with Gasteiger partial charge in [0, 0.05) is 72.2 Å². The Morgan fingerprint density at radius 3 is 1.41 bits per heavy atom. The summed E-state index contributed by atoms with van der Waals surface area (Å²) in [6.07, 6.45) is 4.63. The van der Waals surface area contributed by atoms with Crippen LogP contribution in [0.15, 0.2) is 97.3 Å². The summed E-state index contributed by atoms with van der Waals surface area (Å²) in [7, 11) is 0. The summed E-state index contributed by atoms with van der Waals surface area (Å²) in [5, 5.41) is 6.56. The summed E-state index contributed by atoms with van der Waals surface area (Å²) in [4.78, 5) is 31.9. The van der Waals surface area contributed by atoms with E-state index in [1.165, 1.54) is 0 Å². The molecule has 0 spiro atoms. The maximum absolute atomic E-state index is 12.8. The molecule has 2 aromatic carbocycles. The standard InChI is InChI=1S/C36H44N4O6/c1-25(2)39-21-27(23-43-33-15-7-5-11-29(33)31-13-9-19-37-31)45-35(41)17-18-36(42)46-28(22-40-26(3)4)24-44-34-16-8-6-12-30(34)32-14-10-20-38-32/h5-20,25-28,37-40H,21-24H2,1-4H3/b18-17+. The highest BCUT2D eigenvalue weighted by Gasteiger charge is 2.19. The normalized spacial score (nSPS) is 12.7. The SMILES string of the molecule is CC(C)NCC(COc1ccccc1-c1ccc[nH]1)OC(=O)/C=C/C(=O)OC(CNC(C)C)COc1ccccc1-c1ccc[nH]1. The zero-order valence-electron chi connectivity index (χ0n) is 26.8. The zero-order chi connectivity index (χ0) is 32.7. The minimum atomic E-state index is -0.679. The Hall–Kier alpha value is -4.80. The summed E-state index contributed by atoms with van der Waals surface area (Å²) >= 11 is 0. The minimum absolute atomic E-state index is 0.117. The van der Waals surface area contributed by atoms with Gasteiger partial charge >= 0.3 is 11.9 Å². The van der Waals surface area contributed by atoms with Gasteiger partial charge in [-0.2, -0.15) is 0 Å². The van der Waals surface area contributed by atoms with Crippen LogP contribution in [-0.4, -0.2) is 72.5 Å². The van der Waals surface area contributed by atoms with Gasteiger partial charge in [0.05, 0.1) is 0 Å². The lowest BCUT2D eigenvalue weighted by Gasteiger charge is -2.21. The number of esters is 2. The van der Waals surface area contributed by atoms with Crippen molar-refractivity contribution in [2.45, 2.75) is 52.0 Å². The first-order chi connectivity index (χ1) is 22.3. The van der Waals surface area contributed by atoms with E-state index in [1.807, 2.05) is 113 Å². The van der Waals surface area contributed by atoms with E-state index in [9.17, 15) is 9.59 Å². The Morgan fingerprint density at radius 2 is 1.04 bits per heavy atom. The second-order valence-electron chi connectivity index (χ2n) is 11.4. The Labute approximate surface area is 270 Å². The third kappa shape index (κ3) is 11.0. The molecule has 0 saturated heterocycles. The van der Waals surface area contributed by atoms with E-state index in [-0.39, 0.29) is 25.3 Å². The molecule has 46 heavy (non-hydrogen) atoms. The number of benzene rings is 2. The molecular weight excluding hydrogens is 584 g/mol. The van der Waals surface area contributed by atoms with Gasteiger partial charge in [0.15, 0.2) is 0 Å². The first-order valence-corrected chi connectivity index (χ1v) is 15.6. The highest BCUT2D eigenvalue weighted by atomic mass is 16.6. The Morgan fingerprint density at radius 1 is 0.630 bits per heavy atom. The van der Waals surface area contributed by atoms with Gasteiger partial charge in [0.2, 0.25) is 0 Å². The lowest BCUT2D eigenvalue weighted by Crippen LogP contribution is -2.38. The molecule has 0 amide bonds. The molecule has 2 atom stereocenters. The van der Waals surface area contributed by atoms with Crippen LogP contribution < -0.4 is 20.1 Å². The molecule has 244 valence electrons. The first kappa shape index (κ1) is 34.1. The molecule has 4 aromatic rings. The number of aromatic nitrogens is 2. The predicted molar refractivity (Wildman–Crippen MR) is 179 cm³/mol. The fourth-order valence-electron chi connectivity index (χ4n) is 4.54. The second kappa shape index (κ2) is 17.6. The molecule has 4 N–H and O–H groups in total. The molecule has 0 saturated carbocycles. The van der Waals surface area contributed by atoms with Crippen molar-refractivity contribution in [1.29, 1.82) is 0 Å². The maximum Gasteiger partial charge on any atom is 0.331 e. The van der Waals surface area contributed by atoms with Crippen LogP contribution in [0.5, 0.6) is 11.5 Å². The molecule has 0 bridgehead atoms. The summed E-state index contributed by atoms with van der Waals surface area (Å²) < 4.78 is 23.5. The molecule has 0 aliphatic heterocycles. The number of hydrogen-bond acceptors (Lipinski definition) is 8. The van der Waals surface area contributed by atoms with E-state index in [1.54, 1.807) is 0 Å². The molecule has 0 radical (unpaired) electrons. The molecule has 10 heteroatoms. The van der Waals surface area contributed by atoms with Gasteiger partial charge in [-0.1, -0.05) is 52.0 Å². The smallest absolute Gasteiger partial charge is 0.331 e. The highest BCUT2D eigenvalue weighted by Crippen LogP contribution is 2.29. The number of rotatable bonds is 18. The third-order valence-electron chi connectivity index (χ3n) is 6.83. The van der Waals surface area contributed by atoms with Crippen molar-refractivity contribution in [2.24, 2.45) is 0 Å². The number of ether oxygens (including phenoxy) is 4. The van der Waals surface area contributed by atoms with Crippen LogP contribution in [0.4, 0.5) is 0 Å². The number of aromatic amines is 2. The molecule has 2 unspecified atom stereocenters. The van der Waals surface area contributed by atoms with Crippen LogP contribution in [0, 0.1) is 0 Å². The predicted octanol–water partition coefficient (Wildman–Crippen LogP) is 5.51. The molecule has 0 aliphatic rings. The fraction of sp³-hybridized carbons (Fsp3) is 0.333. The van der Waals surface area contributed by atoms with Crippen LogP contribution in [0.2, 0.25) is 0 Å². The second-order valence-corrected chi connectivity index (χ2v) is 11.4. The van der Waals surface area contributed by atoms with E-state index in [4.69, 9.17) is 18.9 Å². The summed E-state index contributed by atoms with van der Waals surface area (Å²) in [5.74, 6) is -0.0367. The van der Waals surface area contributed by atoms with Crippen LogP contribution in [0.25, 0.3) is 22.5 Å². The number of H-pyrrole nitrogens is 2. The summed E-state index contributed by atoms with van der Waals surface area (Å²) in [6, 6.07) is 23.4. The minimum Gasteiger partial charge on any atom is -0.489 e. The molecule has 4 rings (SSSR count). The molecular formula is C36H44N4O6. The molecule has 0 aliphatic carbocycles. The zero-order valence-corrected chi connectivity index (χ0v) is 26.8. The van der Waals surface area contributed by atoms with Crippen molar-refractivity contribution < 1.29 is 28.5 Å². The van der Waals surface area contributed by atoms with E-state index in [0.29, 0.717) is 24.6 Å². The van der Waals surface area contributed by atoms with Crippen molar-refractivity contribution in [3.63, 3.8) is 0 Å². The molecule has 2 aromatic heterocycles. The Kier molecular flexibility index (Phi) is 13.1. The van der Waals surface area contributed by atoms with Crippen molar-refractivity contribution in [1.82, 2.24) is 20.6 Å². The number of para-hydroxylation sites is 2. The summed E-state index contributed by atoms with van der Waals surface area (Å²) in [6.45, 7) is 8.99. The van der Waals surface area contributed by atoms with Crippen LogP contribution in [0.3, 0.4) is 0 Å². The van der Waals surface area contributed by atoms with Gasteiger partial charge in [-0.3, -0.25) is 0 Å².